The lowest BCUT2D eigenvalue weighted by atomic mass is 9.85. The molecule has 1 saturated carbocycles. The van der Waals surface area contributed by atoms with Gasteiger partial charge >= 0.3 is 0 Å². The first-order valence-corrected chi connectivity index (χ1v) is 14.9. The minimum Gasteiger partial charge on any atom is -0.384 e. The number of amides is 1. The first-order chi connectivity index (χ1) is 18.3. The SMILES string of the molecule is COCCc1ccc(-c2cc3ccc(S(=O)(=O)NC4CCC(C(=O)N5CCOCC5C)CC4)cc3[nH]2)cc1. The zero-order valence-electron chi connectivity index (χ0n) is 22.1. The molecule has 1 aromatic heterocycles. The predicted molar refractivity (Wildman–Crippen MR) is 147 cm³/mol. The lowest BCUT2D eigenvalue weighted by molar-refractivity contribution is -0.144. The van der Waals surface area contributed by atoms with E-state index >= 15 is 0 Å². The zero-order chi connectivity index (χ0) is 26.7. The number of fused-ring (bicyclic) bond motifs is 1. The second-order valence-electron chi connectivity index (χ2n) is 10.5. The van der Waals surface area contributed by atoms with Crippen LogP contribution in [-0.2, 0) is 30.7 Å². The second kappa shape index (κ2) is 11.6. The number of nitrogens with zero attached hydrogens (tertiary/aromatic N) is 1. The van der Waals surface area contributed by atoms with E-state index in [0.29, 0.717) is 52.0 Å². The highest BCUT2D eigenvalue weighted by Crippen LogP contribution is 2.30. The third-order valence-electron chi connectivity index (χ3n) is 7.81. The summed E-state index contributed by atoms with van der Waals surface area (Å²) in [5.74, 6) is 0.138. The Morgan fingerprint density at radius 2 is 1.87 bits per heavy atom. The molecule has 1 amide bonds. The van der Waals surface area contributed by atoms with Crippen molar-refractivity contribution in [3.05, 3.63) is 54.1 Å². The number of aromatic amines is 1. The number of carbonyl (C=O) groups is 1. The molecule has 2 aromatic carbocycles. The van der Waals surface area contributed by atoms with Crippen molar-refractivity contribution in [3.63, 3.8) is 0 Å². The van der Waals surface area contributed by atoms with Crippen LogP contribution in [0.2, 0.25) is 0 Å². The number of sulfonamides is 1. The van der Waals surface area contributed by atoms with Crippen LogP contribution in [0.25, 0.3) is 22.2 Å². The van der Waals surface area contributed by atoms with E-state index < -0.39 is 10.0 Å². The summed E-state index contributed by atoms with van der Waals surface area (Å²) >= 11 is 0. The first-order valence-electron chi connectivity index (χ1n) is 13.5. The highest BCUT2D eigenvalue weighted by atomic mass is 32.2. The number of morpholine rings is 1. The van der Waals surface area contributed by atoms with Crippen molar-refractivity contribution >= 4 is 26.8 Å². The van der Waals surface area contributed by atoms with Gasteiger partial charge in [-0.15, -0.1) is 0 Å². The number of H-pyrrole nitrogens is 1. The van der Waals surface area contributed by atoms with Crippen molar-refractivity contribution in [1.29, 1.82) is 0 Å². The maximum absolute atomic E-state index is 13.2. The van der Waals surface area contributed by atoms with Gasteiger partial charge in [0, 0.05) is 42.2 Å². The van der Waals surface area contributed by atoms with E-state index in [2.05, 4.69) is 34.0 Å². The number of benzene rings is 2. The van der Waals surface area contributed by atoms with Crippen LogP contribution in [0.3, 0.4) is 0 Å². The largest absolute Gasteiger partial charge is 0.384 e. The van der Waals surface area contributed by atoms with Gasteiger partial charge in [-0.1, -0.05) is 30.3 Å². The summed E-state index contributed by atoms with van der Waals surface area (Å²) in [5.41, 5.74) is 3.97. The molecular weight excluding hydrogens is 502 g/mol. The van der Waals surface area contributed by atoms with Gasteiger partial charge in [-0.3, -0.25) is 4.79 Å². The Labute approximate surface area is 224 Å². The molecule has 1 unspecified atom stereocenters. The molecule has 1 aliphatic heterocycles. The van der Waals surface area contributed by atoms with E-state index in [1.54, 1.807) is 19.2 Å². The van der Waals surface area contributed by atoms with Crippen LogP contribution < -0.4 is 4.72 Å². The maximum atomic E-state index is 13.2. The number of methoxy groups -OCH3 is 1. The van der Waals surface area contributed by atoms with Crippen LogP contribution >= 0.6 is 0 Å². The van der Waals surface area contributed by atoms with E-state index in [9.17, 15) is 13.2 Å². The van der Waals surface area contributed by atoms with Crippen molar-refractivity contribution in [3.8, 4) is 11.3 Å². The average molecular weight is 540 g/mol. The number of aromatic nitrogens is 1. The van der Waals surface area contributed by atoms with E-state index in [4.69, 9.17) is 9.47 Å². The predicted octanol–water partition coefficient (Wildman–Crippen LogP) is 4.11. The normalized spacial score (nSPS) is 22.6. The van der Waals surface area contributed by atoms with Crippen LogP contribution in [-0.4, -0.2) is 69.8 Å². The number of hydrogen-bond acceptors (Lipinski definition) is 5. The summed E-state index contributed by atoms with van der Waals surface area (Å²) in [6, 6.07) is 15.5. The number of carbonyl (C=O) groups excluding carboxylic acids is 1. The van der Waals surface area contributed by atoms with Gasteiger partial charge in [0.25, 0.3) is 0 Å². The lowest BCUT2D eigenvalue weighted by Gasteiger charge is -2.37. The van der Waals surface area contributed by atoms with Crippen LogP contribution in [0, 0.1) is 5.92 Å². The van der Waals surface area contributed by atoms with Crippen molar-refractivity contribution in [1.82, 2.24) is 14.6 Å². The Bertz CT molecular complexity index is 1360. The second-order valence-corrected chi connectivity index (χ2v) is 12.2. The minimum absolute atomic E-state index is 0.0426. The Hall–Kier alpha value is -2.72. The molecule has 0 bridgehead atoms. The van der Waals surface area contributed by atoms with Gasteiger partial charge in [0.15, 0.2) is 0 Å². The third kappa shape index (κ3) is 5.96. The summed E-state index contributed by atoms with van der Waals surface area (Å²) in [6.45, 7) is 4.49. The Kier molecular flexibility index (Phi) is 8.18. The highest BCUT2D eigenvalue weighted by Gasteiger charge is 2.34. The van der Waals surface area contributed by atoms with Gasteiger partial charge < -0.3 is 19.4 Å². The van der Waals surface area contributed by atoms with E-state index in [1.807, 2.05) is 24.0 Å². The topological polar surface area (TPSA) is 101 Å². The summed E-state index contributed by atoms with van der Waals surface area (Å²) in [4.78, 5) is 18.5. The van der Waals surface area contributed by atoms with Crippen molar-refractivity contribution < 1.29 is 22.7 Å². The van der Waals surface area contributed by atoms with Crippen LogP contribution in [0.15, 0.2) is 53.4 Å². The molecule has 3 aromatic rings. The standard InChI is InChI=1S/C29H37N3O5S/c1-20-19-37-16-14-32(20)29(33)23-7-10-25(11-8-23)31-38(34,35)26-12-9-24-17-27(30-28(24)18-26)22-5-3-21(4-6-22)13-15-36-2/h3-6,9,12,17-18,20,23,25,30-31H,7-8,10-11,13-16,19H2,1-2H3. The van der Waals surface area contributed by atoms with Crippen molar-refractivity contribution in [2.75, 3.05) is 33.5 Å². The van der Waals surface area contributed by atoms with E-state index in [0.717, 1.165) is 28.6 Å². The lowest BCUT2D eigenvalue weighted by Crippen LogP contribution is -2.50. The maximum Gasteiger partial charge on any atom is 0.240 e. The van der Waals surface area contributed by atoms with Gasteiger partial charge in [0.2, 0.25) is 15.9 Å². The van der Waals surface area contributed by atoms with Crippen molar-refractivity contribution in [2.45, 2.75) is 56.0 Å². The Morgan fingerprint density at radius 3 is 2.58 bits per heavy atom. The fraction of sp³-hybridized carbons (Fsp3) is 0.483. The molecule has 0 spiro atoms. The molecule has 2 heterocycles. The molecule has 1 atom stereocenters. The summed E-state index contributed by atoms with van der Waals surface area (Å²) in [5, 5.41) is 0.957. The van der Waals surface area contributed by atoms with Crippen LogP contribution in [0.5, 0.6) is 0 Å². The number of ether oxygens (including phenoxy) is 2. The molecule has 38 heavy (non-hydrogen) atoms. The number of nitrogens with one attached hydrogen (secondary N) is 2. The molecule has 1 saturated heterocycles. The average Bonchev–Trinajstić information content (AvgIpc) is 3.36. The Morgan fingerprint density at radius 1 is 1.11 bits per heavy atom. The molecule has 1 aliphatic carbocycles. The summed E-state index contributed by atoms with van der Waals surface area (Å²) in [6.07, 6.45) is 3.56. The number of hydrogen-bond donors (Lipinski definition) is 2. The van der Waals surface area contributed by atoms with Crippen LogP contribution in [0.1, 0.15) is 38.2 Å². The molecular formula is C29H37N3O5S. The molecule has 0 radical (unpaired) electrons. The fourth-order valence-electron chi connectivity index (χ4n) is 5.53. The summed E-state index contributed by atoms with van der Waals surface area (Å²) in [7, 11) is -1.98. The summed E-state index contributed by atoms with van der Waals surface area (Å²) < 4.78 is 39.9. The quantitative estimate of drug-likeness (QED) is 0.449. The molecule has 8 nitrogen and oxygen atoms in total. The fourth-order valence-corrected chi connectivity index (χ4v) is 6.87. The molecule has 2 N–H and O–H groups in total. The van der Waals surface area contributed by atoms with Crippen molar-refractivity contribution in [2.24, 2.45) is 5.92 Å². The third-order valence-corrected chi connectivity index (χ3v) is 9.33. The zero-order valence-corrected chi connectivity index (χ0v) is 22.9. The first kappa shape index (κ1) is 26.9. The molecule has 9 heteroatoms. The van der Waals surface area contributed by atoms with Gasteiger partial charge in [-0.2, -0.15) is 0 Å². The molecule has 5 rings (SSSR count). The Balaban J connectivity index is 1.22. The monoisotopic (exact) mass is 539 g/mol. The van der Waals surface area contributed by atoms with Crippen LogP contribution in [0.4, 0.5) is 0 Å². The van der Waals surface area contributed by atoms with E-state index in [-0.39, 0.29) is 28.8 Å². The highest BCUT2D eigenvalue weighted by molar-refractivity contribution is 7.89. The van der Waals surface area contributed by atoms with Gasteiger partial charge in [0.1, 0.15) is 0 Å². The van der Waals surface area contributed by atoms with Gasteiger partial charge in [0.05, 0.1) is 30.8 Å². The van der Waals surface area contributed by atoms with Gasteiger partial charge in [-0.25, -0.2) is 13.1 Å². The molecule has 2 fully saturated rings. The van der Waals surface area contributed by atoms with Gasteiger partial charge in [-0.05, 0) is 68.4 Å². The minimum atomic E-state index is -3.68. The number of rotatable bonds is 8. The molecule has 204 valence electrons. The molecule has 2 aliphatic rings. The smallest absolute Gasteiger partial charge is 0.240 e. The van der Waals surface area contributed by atoms with E-state index in [1.165, 1.54) is 5.56 Å².